The topological polar surface area (TPSA) is 50.4 Å². The molecule has 0 aliphatic carbocycles. The van der Waals surface area contributed by atoms with Gasteiger partial charge in [0, 0.05) is 29.9 Å². The fourth-order valence-electron chi connectivity index (χ4n) is 2.90. The Bertz CT molecular complexity index is 971. The summed E-state index contributed by atoms with van der Waals surface area (Å²) < 4.78 is 19.0. The molecule has 4 nitrogen and oxygen atoms in total. The smallest absolute Gasteiger partial charge is 0.251 e. The predicted octanol–water partition coefficient (Wildman–Crippen LogP) is 5.40. The SMILES string of the molecule is CC(C)CNC(=O)c1cccc(NCc2ccccc2OCc2ccc(F)cc2)c1. The number of ether oxygens (including phenoxy) is 1. The molecular weight excluding hydrogens is 379 g/mol. The van der Waals surface area contributed by atoms with E-state index in [1.165, 1.54) is 12.1 Å². The van der Waals surface area contributed by atoms with E-state index in [1.807, 2.05) is 42.5 Å². The molecule has 0 unspecified atom stereocenters. The quantitative estimate of drug-likeness (QED) is 0.500. The summed E-state index contributed by atoms with van der Waals surface area (Å²) in [7, 11) is 0. The first-order valence-corrected chi connectivity index (χ1v) is 10.1. The maximum absolute atomic E-state index is 13.1. The summed E-state index contributed by atoms with van der Waals surface area (Å²) in [5.74, 6) is 0.834. The molecule has 156 valence electrons. The van der Waals surface area contributed by atoms with Gasteiger partial charge in [-0.3, -0.25) is 4.79 Å². The van der Waals surface area contributed by atoms with Crippen LogP contribution in [0.5, 0.6) is 5.75 Å². The molecule has 3 aromatic carbocycles. The Morgan fingerprint density at radius 3 is 2.53 bits per heavy atom. The van der Waals surface area contributed by atoms with Crippen LogP contribution in [0.1, 0.15) is 35.3 Å². The van der Waals surface area contributed by atoms with Gasteiger partial charge in [0.1, 0.15) is 18.2 Å². The van der Waals surface area contributed by atoms with Gasteiger partial charge in [-0.1, -0.05) is 50.2 Å². The number of hydrogen-bond acceptors (Lipinski definition) is 3. The minimum atomic E-state index is -0.261. The molecule has 1 amide bonds. The lowest BCUT2D eigenvalue weighted by Gasteiger charge is -2.14. The normalized spacial score (nSPS) is 10.7. The lowest BCUT2D eigenvalue weighted by molar-refractivity contribution is 0.0949. The third kappa shape index (κ3) is 6.34. The molecule has 0 bridgehead atoms. The Balaban J connectivity index is 1.61. The van der Waals surface area contributed by atoms with Gasteiger partial charge in [0.05, 0.1) is 0 Å². The largest absolute Gasteiger partial charge is 0.489 e. The van der Waals surface area contributed by atoms with Gasteiger partial charge in [-0.2, -0.15) is 0 Å². The Labute approximate surface area is 177 Å². The lowest BCUT2D eigenvalue weighted by Crippen LogP contribution is -2.27. The highest BCUT2D eigenvalue weighted by Gasteiger charge is 2.08. The Morgan fingerprint density at radius 1 is 1.00 bits per heavy atom. The van der Waals surface area contributed by atoms with E-state index in [1.54, 1.807) is 18.2 Å². The number of rotatable bonds is 9. The van der Waals surface area contributed by atoms with Crippen LogP contribution in [0.3, 0.4) is 0 Å². The van der Waals surface area contributed by atoms with Gasteiger partial charge >= 0.3 is 0 Å². The molecule has 0 heterocycles. The monoisotopic (exact) mass is 406 g/mol. The van der Waals surface area contributed by atoms with Crippen molar-refractivity contribution < 1.29 is 13.9 Å². The second-order valence-corrected chi connectivity index (χ2v) is 7.56. The first-order chi connectivity index (χ1) is 14.5. The highest BCUT2D eigenvalue weighted by molar-refractivity contribution is 5.95. The highest BCUT2D eigenvalue weighted by atomic mass is 19.1. The molecule has 5 heteroatoms. The van der Waals surface area contributed by atoms with Crippen LogP contribution in [-0.2, 0) is 13.2 Å². The fourth-order valence-corrected chi connectivity index (χ4v) is 2.90. The van der Waals surface area contributed by atoms with Crippen LogP contribution in [0.2, 0.25) is 0 Å². The van der Waals surface area contributed by atoms with E-state index < -0.39 is 0 Å². The number of nitrogens with one attached hydrogen (secondary N) is 2. The van der Waals surface area contributed by atoms with E-state index in [0.717, 1.165) is 22.6 Å². The minimum absolute atomic E-state index is 0.0737. The van der Waals surface area contributed by atoms with Gasteiger partial charge in [-0.05, 0) is 47.9 Å². The minimum Gasteiger partial charge on any atom is -0.489 e. The van der Waals surface area contributed by atoms with Crippen molar-refractivity contribution >= 4 is 11.6 Å². The second kappa shape index (κ2) is 10.4. The van der Waals surface area contributed by atoms with Gasteiger partial charge in [-0.15, -0.1) is 0 Å². The molecule has 0 radical (unpaired) electrons. The summed E-state index contributed by atoms with van der Waals surface area (Å²) in [6, 6.07) is 21.5. The van der Waals surface area contributed by atoms with Crippen LogP contribution in [0, 0.1) is 11.7 Å². The summed E-state index contributed by atoms with van der Waals surface area (Å²) in [6.45, 7) is 5.69. The predicted molar refractivity (Wildman–Crippen MR) is 118 cm³/mol. The number of hydrogen-bond donors (Lipinski definition) is 2. The molecule has 0 spiro atoms. The summed E-state index contributed by atoms with van der Waals surface area (Å²) >= 11 is 0. The summed E-state index contributed by atoms with van der Waals surface area (Å²) in [6.07, 6.45) is 0. The molecule has 0 atom stereocenters. The number of carbonyl (C=O) groups is 1. The van der Waals surface area contributed by atoms with Crippen molar-refractivity contribution in [1.82, 2.24) is 5.32 Å². The molecule has 0 aliphatic rings. The van der Waals surface area contributed by atoms with Gasteiger partial charge < -0.3 is 15.4 Å². The van der Waals surface area contributed by atoms with E-state index in [4.69, 9.17) is 4.74 Å². The third-order valence-electron chi connectivity index (χ3n) is 4.56. The van der Waals surface area contributed by atoms with Crippen molar-refractivity contribution in [2.75, 3.05) is 11.9 Å². The molecule has 3 rings (SSSR count). The van der Waals surface area contributed by atoms with Crippen LogP contribution >= 0.6 is 0 Å². The third-order valence-corrected chi connectivity index (χ3v) is 4.56. The fraction of sp³-hybridized carbons (Fsp3) is 0.240. The van der Waals surface area contributed by atoms with Crippen molar-refractivity contribution in [1.29, 1.82) is 0 Å². The molecule has 0 fully saturated rings. The number of carbonyl (C=O) groups excluding carboxylic acids is 1. The van der Waals surface area contributed by atoms with E-state index in [-0.39, 0.29) is 11.7 Å². The average molecular weight is 407 g/mol. The number of anilines is 1. The van der Waals surface area contributed by atoms with Crippen molar-refractivity contribution in [2.24, 2.45) is 5.92 Å². The molecule has 2 N–H and O–H groups in total. The van der Waals surface area contributed by atoms with E-state index in [2.05, 4.69) is 24.5 Å². The van der Waals surface area contributed by atoms with Crippen LogP contribution in [0.15, 0.2) is 72.8 Å². The van der Waals surface area contributed by atoms with Crippen LogP contribution in [0.4, 0.5) is 10.1 Å². The molecule has 0 aromatic heterocycles. The zero-order valence-electron chi connectivity index (χ0n) is 17.3. The first kappa shape index (κ1) is 21.4. The Hall–Kier alpha value is -3.34. The van der Waals surface area contributed by atoms with Gasteiger partial charge in [0.25, 0.3) is 5.91 Å². The lowest BCUT2D eigenvalue weighted by atomic mass is 10.1. The maximum Gasteiger partial charge on any atom is 0.251 e. The number of benzene rings is 3. The molecule has 3 aromatic rings. The summed E-state index contributed by atoms with van der Waals surface area (Å²) in [4.78, 5) is 12.3. The van der Waals surface area contributed by atoms with Gasteiger partial charge in [0.2, 0.25) is 0 Å². The van der Waals surface area contributed by atoms with Crippen LogP contribution in [0.25, 0.3) is 0 Å². The molecule has 0 saturated carbocycles. The second-order valence-electron chi connectivity index (χ2n) is 7.56. The van der Waals surface area contributed by atoms with Crippen LogP contribution < -0.4 is 15.4 Å². The van der Waals surface area contributed by atoms with Crippen LogP contribution in [-0.4, -0.2) is 12.5 Å². The average Bonchev–Trinajstić information content (AvgIpc) is 2.76. The highest BCUT2D eigenvalue weighted by Crippen LogP contribution is 2.21. The Morgan fingerprint density at radius 2 is 1.77 bits per heavy atom. The van der Waals surface area contributed by atoms with Gasteiger partial charge in [-0.25, -0.2) is 4.39 Å². The number of para-hydroxylation sites is 1. The zero-order valence-corrected chi connectivity index (χ0v) is 17.3. The Kier molecular flexibility index (Phi) is 7.44. The molecule has 30 heavy (non-hydrogen) atoms. The molecular formula is C25H27FN2O2. The van der Waals surface area contributed by atoms with Crippen molar-refractivity contribution in [3.8, 4) is 5.75 Å². The summed E-state index contributed by atoms with van der Waals surface area (Å²) in [5.41, 5.74) is 3.38. The van der Waals surface area contributed by atoms with E-state index in [0.29, 0.717) is 31.2 Å². The van der Waals surface area contributed by atoms with Crippen molar-refractivity contribution in [3.63, 3.8) is 0 Å². The number of amides is 1. The molecule has 0 saturated heterocycles. The standard InChI is InChI=1S/C25H27FN2O2/c1-18(2)15-28-25(29)20-7-5-8-23(14-20)27-16-21-6-3-4-9-24(21)30-17-19-10-12-22(26)13-11-19/h3-14,18,27H,15-17H2,1-2H3,(H,28,29). The molecule has 0 aliphatic heterocycles. The van der Waals surface area contributed by atoms with Gasteiger partial charge in [0.15, 0.2) is 0 Å². The van der Waals surface area contributed by atoms with E-state index in [9.17, 15) is 9.18 Å². The van der Waals surface area contributed by atoms with Crippen molar-refractivity contribution in [3.05, 3.63) is 95.3 Å². The first-order valence-electron chi connectivity index (χ1n) is 10.1. The zero-order chi connectivity index (χ0) is 21.3. The number of halogens is 1. The summed E-state index contributed by atoms with van der Waals surface area (Å²) in [5, 5.41) is 6.29. The van der Waals surface area contributed by atoms with E-state index >= 15 is 0 Å². The maximum atomic E-state index is 13.1. The van der Waals surface area contributed by atoms with Crippen molar-refractivity contribution in [2.45, 2.75) is 27.0 Å².